The highest BCUT2D eigenvalue weighted by molar-refractivity contribution is 6.02. The van der Waals surface area contributed by atoms with Gasteiger partial charge in [0.15, 0.2) is 0 Å². The summed E-state index contributed by atoms with van der Waals surface area (Å²) in [6, 6.07) is 2.11. The maximum Gasteiger partial charge on any atom is 0.277 e. The molecule has 1 amide bonds. The van der Waals surface area contributed by atoms with Crippen LogP contribution in [0.3, 0.4) is 0 Å². The molecule has 1 aromatic carbocycles. The van der Waals surface area contributed by atoms with E-state index in [-0.39, 0.29) is 23.5 Å². The number of aromatic nitrogens is 2. The van der Waals surface area contributed by atoms with Gasteiger partial charge in [0.05, 0.1) is 23.3 Å². The Bertz CT molecular complexity index is 1150. The number of hydrogen-bond acceptors (Lipinski definition) is 5. The number of amides is 1. The van der Waals surface area contributed by atoms with Crippen molar-refractivity contribution in [1.29, 1.82) is 0 Å². The van der Waals surface area contributed by atoms with Crippen molar-refractivity contribution in [3.63, 3.8) is 0 Å². The number of aryl methyl sites for hydroxylation is 3. The topological polar surface area (TPSA) is 91.2 Å². The second kappa shape index (κ2) is 6.74. The molecule has 3 heterocycles. The van der Waals surface area contributed by atoms with E-state index in [1.54, 1.807) is 18.7 Å². The van der Waals surface area contributed by atoms with Gasteiger partial charge in [-0.25, -0.2) is 13.9 Å². The van der Waals surface area contributed by atoms with Crippen molar-refractivity contribution in [1.82, 2.24) is 10.2 Å². The molecule has 0 spiro atoms. The highest BCUT2D eigenvalue weighted by atomic mass is 19.1. The number of benzene rings is 1. The summed E-state index contributed by atoms with van der Waals surface area (Å²) < 4.78 is 33.3. The summed E-state index contributed by atoms with van der Waals surface area (Å²) >= 11 is 0. The van der Waals surface area contributed by atoms with Crippen LogP contribution in [0.25, 0.3) is 10.8 Å². The number of hydrogen-bond donors (Lipinski definition) is 2. The van der Waals surface area contributed by atoms with Gasteiger partial charge in [-0.3, -0.25) is 14.9 Å². The third-order valence-electron chi connectivity index (χ3n) is 4.88. The molecular formula is C19H18F2N4O3. The lowest BCUT2D eigenvalue weighted by molar-refractivity contribution is -0.115. The highest BCUT2D eigenvalue weighted by Gasteiger charge is 2.25. The van der Waals surface area contributed by atoms with Crippen LogP contribution in [0.4, 0.5) is 20.4 Å². The molecule has 1 aliphatic rings. The third kappa shape index (κ3) is 3.02. The summed E-state index contributed by atoms with van der Waals surface area (Å²) in [5, 5.41) is 9.62. The van der Waals surface area contributed by atoms with E-state index in [1.165, 1.54) is 6.07 Å². The number of H-pyrrole nitrogens is 1. The van der Waals surface area contributed by atoms with E-state index in [9.17, 15) is 18.4 Å². The lowest BCUT2D eigenvalue weighted by Crippen LogP contribution is -2.37. The second-order valence-corrected chi connectivity index (χ2v) is 6.84. The minimum absolute atomic E-state index is 0.0288. The molecule has 9 heteroatoms. The van der Waals surface area contributed by atoms with Crippen LogP contribution < -0.4 is 15.8 Å². The van der Waals surface area contributed by atoms with Gasteiger partial charge in [0.1, 0.15) is 22.8 Å². The second-order valence-electron chi connectivity index (χ2n) is 6.84. The van der Waals surface area contributed by atoms with E-state index in [4.69, 9.17) is 4.42 Å². The van der Waals surface area contributed by atoms with Gasteiger partial charge in [0, 0.05) is 12.6 Å². The molecule has 0 aliphatic carbocycles. The van der Waals surface area contributed by atoms with E-state index in [0.717, 1.165) is 6.07 Å². The number of anilines is 2. The Morgan fingerprint density at radius 2 is 2.11 bits per heavy atom. The summed E-state index contributed by atoms with van der Waals surface area (Å²) in [5.74, 6) is -1.31. The molecule has 0 atom stereocenters. The van der Waals surface area contributed by atoms with Gasteiger partial charge in [-0.15, -0.1) is 0 Å². The number of aromatic amines is 1. The maximum absolute atomic E-state index is 14.3. The van der Waals surface area contributed by atoms with E-state index < -0.39 is 23.1 Å². The van der Waals surface area contributed by atoms with Crippen LogP contribution in [0.2, 0.25) is 0 Å². The quantitative estimate of drug-likeness (QED) is 0.720. The van der Waals surface area contributed by atoms with Crippen molar-refractivity contribution < 1.29 is 18.0 Å². The Kier molecular flexibility index (Phi) is 4.37. The van der Waals surface area contributed by atoms with Gasteiger partial charge in [-0.05, 0) is 38.3 Å². The number of nitrogens with one attached hydrogen (secondary N) is 2. The molecule has 28 heavy (non-hydrogen) atoms. The summed E-state index contributed by atoms with van der Waals surface area (Å²) in [7, 11) is 0. The zero-order valence-corrected chi connectivity index (χ0v) is 15.4. The molecule has 0 bridgehead atoms. The fourth-order valence-electron chi connectivity index (χ4n) is 3.77. The molecule has 2 N–H and O–H groups in total. The predicted molar refractivity (Wildman–Crippen MR) is 99.6 cm³/mol. The summed E-state index contributed by atoms with van der Waals surface area (Å²) in [6.07, 6.45) is 1.22. The van der Waals surface area contributed by atoms with E-state index in [0.29, 0.717) is 41.8 Å². The number of fused-ring (bicyclic) bond motifs is 2. The first-order valence-corrected chi connectivity index (χ1v) is 8.86. The van der Waals surface area contributed by atoms with Crippen molar-refractivity contribution >= 4 is 28.3 Å². The molecule has 0 fully saturated rings. The van der Waals surface area contributed by atoms with Crippen LogP contribution in [-0.2, 0) is 11.2 Å². The van der Waals surface area contributed by atoms with Crippen LogP contribution in [0.5, 0.6) is 0 Å². The van der Waals surface area contributed by atoms with Crippen LogP contribution in [0.15, 0.2) is 21.3 Å². The SMILES string of the molecule is Cc1n[nH]c(=O)c2c(NC(=O)CN3CCCc4cc(F)cc(F)c43)oc(C)c12. The Balaban J connectivity index is 1.62. The average Bonchev–Trinajstić information content (AvgIpc) is 2.95. The van der Waals surface area contributed by atoms with Gasteiger partial charge in [0.25, 0.3) is 5.56 Å². The van der Waals surface area contributed by atoms with Crippen molar-refractivity contribution in [2.24, 2.45) is 0 Å². The highest BCUT2D eigenvalue weighted by Crippen LogP contribution is 2.31. The minimum Gasteiger partial charge on any atom is -0.444 e. The fourth-order valence-corrected chi connectivity index (χ4v) is 3.77. The van der Waals surface area contributed by atoms with E-state index in [1.807, 2.05) is 0 Å². The van der Waals surface area contributed by atoms with Gasteiger partial charge in [-0.2, -0.15) is 5.10 Å². The van der Waals surface area contributed by atoms with Crippen LogP contribution in [0.1, 0.15) is 23.4 Å². The fraction of sp³-hybridized carbons (Fsp3) is 0.316. The summed E-state index contributed by atoms with van der Waals surface area (Å²) in [4.78, 5) is 26.3. The molecule has 1 aliphatic heterocycles. The summed E-state index contributed by atoms with van der Waals surface area (Å²) in [5.41, 5.74) is 0.873. The zero-order valence-electron chi connectivity index (χ0n) is 15.4. The van der Waals surface area contributed by atoms with Crippen molar-refractivity contribution in [3.8, 4) is 0 Å². The molecule has 0 radical (unpaired) electrons. The molecule has 4 rings (SSSR count). The first-order chi connectivity index (χ1) is 13.3. The Morgan fingerprint density at radius 1 is 1.32 bits per heavy atom. The first kappa shape index (κ1) is 18.1. The molecule has 0 saturated heterocycles. The van der Waals surface area contributed by atoms with Crippen molar-refractivity contribution in [3.05, 3.63) is 51.1 Å². The summed E-state index contributed by atoms with van der Waals surface area (Å²) in [6.45, 7) is 3.71. The average molecular weight is 388 g/mol. The molecule has 0 saturated carbocycles. The molecular weight excluding hydrogens is 370 g/mol. The van der Waals surface area contributed by atoms with Gasteiger partial charge < -0.3 is 9.32 Å². The number of carbonyl (C=O) groups excluding carboxylic acids is 1. The largest absolute Gasteiger partial charge is 0.444 e. The lowest BCUT2D eigenvalue weighted by Gasteiger charge is -2.31. The molecule has 3 aromatic rings. The van der Waals surface area contributed by atoms with Gasteiger partial charge in [0.2, 0.25) is 11.8 Å². The Labute approximate surface area is 158 Å². The minimum atomic E-state index is -0.695. The van der Waals surface area contributed by atoms with Gasteiger partial charge in [-0.1, -0.05) is 0 Å². The molecule has 0 unspecified atom stereocenters. The number of carbonyl (C=O) groups is 1. The Hall–Kier alpha value is -3.23. The zero-order chi connectivity index (χ0) is 20.0. The number of halogens is 2. The molecule has 146 valence electrons. The Morgan fingerprint density at radius 3 is 2.89 bits per heavy atom. The number of nitrogens with zero attached hydrogens (tertiary/aromatic N) is 2. The van der Waals surface area contributed by atoms with Gasteiger partial charge >= 0.3 is 0 Å². The normalized spacial score (nSPS) is 13.6. The predicted octanol–water partition coefficient (Wildman–Crippen LogP) is 2.80. The number of rotatable bonds is 3. The van der Waals surface area contributed by atoms with Crippen LogP contribution >= 0.6 is 0 Å². The lowest BCUT2D eigenvalue weighted by atomic mass is 10.0. The third-order valence-corrected chi connectivity index (χ3v) is 4.88. The van der Waals surface area contributed by atoms with Crippen molar-refractivity contribution in [2.75, 3.05) is 23.3 Å². The monoisotopic (exact) mass is 388 g/mol. The van der Waals surface area contributed by atoms with E-state index in [2.05, 4.69) is 15.5 Å². The molecule has 7 nitrogen and oxygen atoms in total. The standard InChI is InChI=1S/C19H18F2N4O3/c1-9-15-10(2)28-19(16(15)18(27)24-23-9)22-14(26)8-25-5-3-4-11-6-12(20)7-13(21)17(11)25/h6-7H,3-5,8H2,1-2H3,(H,22,26)(H,24,27). The number of furan rings is 1. The molecule has 2 aromatic heterocycles. The first-order valence-electron chi connectivity index (χ1n) is 8.86. The van der Waals surface area contributed by atoms with Crippen LogP contribution in [0, 0.1) is 25.5 Å². The van der Waals surface area contributed by atoms with Crippen molar-refractivity contribution in [2.45, 2.75) is 26.7 Å². The smallest absolute Gasteiger partial charge is 0.277 e. The van der Waals surface area contributed by atoms with E-state index >= 15 is 0 Å². The maximum atomic E-state index is 14.3. The van der Waals surface area contributed by atoms with Crippen LogP contribution in [-0.4, -0.2) is 29.2 Å².